The molecule has 1 heterocycles. The molecule has 166 valence electrons. The Kier molecular flexibility index (Phi) is 6.64. The minimum Gasteiger partial charge on any atom is -0.494 e. The minimum absolute atomic E-state index is 0.00342. The lowest BCUT2D eigenvalue weighted by Gasteiger charge is -2.25. The molecule has 0 bridgehead atoms. The molecule has 1 aliphatic heterocycles. The van der Waals surface area contributed by atoms with Gasteiger partial charge in [-0.1, -0.05) is 23.7 Å². The van der Waals surface area contributed by atoms with Gasteiger partial charge in [-0.25, -0.2) is 8.42 Å². The molecular formula is C23H21ClN2O4S2. The van der Waals surface area contributed by atoms with Crippen LogP contribution in [0, 0.1) is 0 Å². The first-order chi connectivity index (χ1) is 15.4. The molecule has 32 heavy (non-hydrogen) atoms. The molecule has 1 amide bonds. The minimum atomic E-state index is -3.77. The zero-order chi connectivity index (χ0) is 22.7. The van der Waals surface area contributed by atoms with Gasteiger partial charge in [0, 0.05) is 16.4 Å². The van der Waals surface area contributed by atoms with E-state index in [-0.39, 0.29) is 16.2 Å². The number of hydrogen-bond donors (Lipinski definition) is 1. The molecule has 3 aromatic carbocycles. The molecule has 4 rings (SSSR count). The molecule has 1 N–H and O–H groups in total. The van der Waals surface area contributed by atoms with Gasteiger partial charge in [0.1, 0.15) is 11.1 Å². The zero-order valence-electron chi connectivity index (χ0n) is 17.2. The van der Waals surface area contributed by atoms with E-state index < -0.39 is 10.0 Å². The molecule has 1 saturated heterocycles. The lowest BCUT2D eigenvalue weighted by molar-refractivity contribution is -0.115. The van der Waals surface area contributed by atoms with Crippen LogP contribution in [0.2, 0.25) is 5.02 Å². The van der Waals surface area contributed by atoms with E-state index in [0.29, 0.717) is 23.1 Å². The Bertz CT molecular complexity index is 1220. The number of rotatable bonds is 7. The monoisotopic (exact) mass is 488 g/mol. The van der Waals surface area contributed by atoms with Crippen LogP contribution in [0.25, 0.3) is 0 Å². The van der Waals surface area contributed by atoms with Crippen LogP contribution < -0.4 is 14.4 Å². The molecule has 0 aliphatic carbocycles. The smallest absolute Gasteiger partial charge is 0.261 e. The van der Waals surface area contributed by atoms with E-state index in [1.807, 2.05) is 37.3 Å². The number of thioether (sulfide) groups is 1. The Labute approximate surface area is 196 Å². The van der Waals surface area contributed by atoms with Crippen LogP contribution in [-0.4, -0.2) is 26.7 Å². The van der Waals surface area contributed by atoms with Crippen LogP contribution in [-0.2, 0) is 14.8 Å². The normalized spacial score (nSPS) is 16.2. The summed E-state index contributed by atoms with van der Waals surface area (Å²) in [4.78, 5) is 14.5. The number of benzene rings is 3. The molecule has 0 saturated carbocycles. The van der Waals surface area contributed by atoms with Crippen LogP contribution in [0.5, 0.6) is 5.75 Å². The number of sulfonamides is 1. The van der Waals surface area contributed by atoms with Crippen LogP contribution in [0.1, 0.15) is 17.9 Å². The maximum Gasteiger partial charge on any atom is 0.261 e. The number of carbonyl (C=O) groups is 1. The highest BCUT2D eigenvalue weighted by Gasteiger charge is 2.34. The summed E-state index contributed by atoms with van der Waals surface area (Å²) in [7, 11) is -3.77. The highest BCUT2D eigenvalue weighted by Crippen LogP contribution is 2.42. The molecule has 9 heteroatoms. The zero-order valence-corrected chi connectivity index (χ0v) is 19.6. The standard InChI is InChI=1S/C23H21ClN2O4S2/c1-2-30-20-10-8-19(9-11-20)26-22(27)15-31-23(26)16-4-3-5-18(14-16)25-32(28,29)21-12-6-17(24)7-13-21/h3-14,23,25H,2,15H2,1H3/t23-/m0/s1. The van der Waals surface area contributed by atoms with Gasteiger partial charge >= 0.3 is 0 Å². The second kappa shape index (κ2) is 9.44. The maximum atomic E-state index is 12.7. The summed E-state index contributed by atoms with van der Waals surface area (Å²) in [5.41, 5.74) is 2.01. The summed E-state index contributed by atoms with van der Waals surface area (Å²) in [5.74, 6) is 1.08. The number of hydrogen-bond acceptors (Lipinski definition) is 5. The Morgan fingerprint density at radius 1 is 1.09 bits per heavy atom. The van der Waals surface area contributed by atoms with Crippen molar-refractivity contribution in [1.29, 1.82) is 0 Å². The molecule has 3 aromatic rings. The third-order valence-corrected chi connectivity index (χ3v) is 7.70. The molecule has 6 nitrogen and oxygen atoms in total. The van der Waals surface area contributed by atoms with Crippen molar-refractivity contribution in [1.82, 2.24) is 0 Å². The van der Waals surface area contributed by atoms with Gasteiger partial charge in [-0.15, -0.1) is 11.8 Å². The van der Waals surface area contributed by atoms with Gasteiger partial charge in [-0.3, -0.25) is 14.4 Å². The van der Waals surface area contributed by atoms with Crippen LogP contribution in [0.3, 0.4) is 0 Å². The average molecular weight is 489 g/mol. The van der Waals surface area contributed by atoms with E-state index >= 15 is 0 Å². The Balaban J connectivity index is 1.59. The lowest BCUT2D eigenvalue weighted by Crippen LogP contribution is -2.27. The number of carbonyl (C=O) groups excluding carboxylic acids is 1. The second-order valence-corrected chi connectivity index (χ2v) is 10.2. The topological polar surface area (TPSA) is 75.7 Å². The maximum absolute atomic E-state index is 12.7. The quantitative estimate of drug-likeness (QED) is 0.487. The summed E-state index contributed by atoms with van der Waals surface area (Å²) in [5, 5.41) is 0.198. The molecule has 0 spiro atoms. The number of nitrogens with one attached hydrogen (secondary N) is 1. The molecule has 0 radical (unpaired) electrons. The second-order valence-electron chi connectivity index (χ2n) is 7.04. The first-order valence-electron chi connectivity index (χ1n) is 9.92. The van der Waals surface area contributed by atoms with Crippen molar-refractivity contribution in [3.8, 4) is 5.75 Å². The van der Waals surface area contributed by atoms with Crippen molar-refractivity contribution in [3.05, 3.63) is 83.4 Å². The summed E-state index contributed by atoms with van der Waals surface area (Å²) in [6.45, 7) is 2.48. The lowest BCUT2D eigenvalue weighted by atomic mass is 10.1. The van der Waals surface area contributed by atoms with Gasteiger partial charge in [-0.05, 0) is 73.2 Å². The number of anilines is 2. The van der Waals surface area contributed by atoms with E-state index in [1.165, 1.54) is 36.0 Å². The van der Waals surface area contributed by atoms with Gasteiger partial charge < -0.3 is 4.74 Å². The third kappa shape index (κ3) is 4.87. The van der Waals surface area contributed by atoms with Crippen molar-refractivity contribution in [2.45, 2.75) is 17.2 Å². The average Bonchev–Trinajstić information content (AvgIpc) is 3.16. The highest BCUT2D eigenvalue weighted by atomic mass is 35.5. The number of nitrogens with zero attached hydrogens (tertiary/aromatic N) is 1. The molecule has 1 fully saturated rings. The van der Waals surface area contributed by atoms with Crippen molar-refractivity contribution in [2.24, 2.45) is 0 Å². The Morgan fingerprint density at radius 3 is 2.50 bits per heavy atom. The van der Waals surface area contributed by atoms with Gasteiger partial charge in [-0.2, -0.15) is 0 Å². The van der Waals surface area contributed by atoms with E-state index in [0.717, 1.165) is 17.0 Å². The molecule has 0 aromatic heterocycles. The first kappa shape index (κ1) is 22.5. The molecular weight excluding hydrogens is 468 g/mol. The number of amides is 1. The highest BCUT2D eigenvalue weighted by molar-refractivity contribution is 8.00. The van der Waals surface area contributed by atoms with Crippen LogP contribution >= 0.6 is 23.4 Å². The van der Waals surface area contributed by atoms with Gasteiger partial charge in [0.05, 0.1) is 17.3 Å². The van der Waals surface area contributed by atoms with Gasteiger partial charge in [0.15, 0.2) is 0 Å². The number of ether oxygens (including phenoxy) is 1. The van der Waals surface area contributed by atoms with Crippen molar-refractivity contribution < 1.29 is 17.9 Å². The fraction of sp³-hybridized carbons (Fsp3) is 0.174. The summed E-state index contributed by atoms with van der Waals surface area (Å²) in [6.07, 6.45) is 0. The fourth-order valence-electron chi connectivity index (χ4n) is 3.40. The van der Waals surface area contributed by atoms with Gasteiger partial charge in [0.2, 0.25) is 5.91 Å². The van der Waals surface area contributed by atoms with Crippen molar-refractivity contribution in [3.63, 3.8) is 0 Å². The van der Waals surface area contributed by atoms with E-state index in [9.17, 15) is 13.2 Å². The predicted octanol–water partition coefficient (Wildman–Crippen LogP) is 5.32. The molecule has 1 atom stereocenters. The summed E-state index contributed by atoms with van der Waals surface area (Å²) < 4.78 is 33.6. The Morgan fingerprint density at radius 2 is 1.81 bits per heavy atom. The first-order valence-corrected chi connectivity index (χ1v) is 12.8. The third-order valence-electron chi connectivity index (χ3n) is 4.84. The summed E-state index contributed by atoms with van der Waals surface area (Å²) in [6, 6.07) is 20.4. The Hall–Kier alpha value is -2.68. The van der Waals surface area contributed by atoms with E-state index in [4.69, 9.17) is 16.3 Å². The number of halogens is 1. The fourth-order valence-corrected chi connectivity index (χ4v) is 5.75. The van der Waals surface area contributed by atoms with Crippen LogP contribution in [0.4, 0.5) is 11.4 Å². The SMILES string of the molecule is CCOc1ccc(N2C(=O)CS[C@H]2c2cccc(NS(=O)(=O)c3ccc(Cl)cc3)c2)cc1. The van der Waals surface area contributed by atoms with E-state index in [1.54, 1.807) is 23.1 Å². The molecule has 0 unspecified atom stereocenters. The van der Waals surface area contributed by atoms with Crippen molar-refractivity contribution >= 4 is 50.7 Å². The van der Waals surface area contributed by atoms with Gasteiger partial charge in [0.25, 0.3) is 10.0 Å². The van der Waals surface area contributed by atoms with E-state index in [2.05, 4.69) is 4.72 Å². The largest absolute Gasteiger partial charge is 0.494 e. The summed E-state index contributed by atoms with van der Waals surface area (Å²) >= 11 is 7.36. The molecule has 1 aliphatic rings. The predicted molar refractivity (Wildman–Crippen MR) is 129 cm³/mol. The van der Waals surface area contributed by atoms with Crippen LogP contribution in [0.15, 0.2) is 77.7 Å². The van der Waals surface area contributed by atoms with Crippen molar-refractivity contribution in [2.75, 3.05) is 22.0 Å².